The number of aryl methyl sites for hydroxylation is 1. The first-order chi connectivity index (χ1) is 15.2. The van der Waals surface area contributed by atoms with Crippen molar-refractivity contribution in [2.45, 2.75) is 63.3 Å². The third-order valence-corrected chi connectivity index (χ3v) is 6.77. The zero-order valence-corrected chi connectivity index (χ0v) is 18.3. The van der Waals surface area contributed by atoms with E-state index in [-0.39, 0.29) is 23.8 Å². The second-order valence-electron chi connectivity index (χ2n) is 9.61. The Balaban J connectivity index is 1.41. The summed E-state index contributed by atoms with van der Waals surface area (Å²) < 4.78 is 0. The van der Waals surface area contributed by atoms with Gasteiger partial charge < -0.3 is 16.2 Å². The van der Waals surface area contributed by atoms with Gasteiger partial charge in [0.1, 0.15) is 0 Å². The lowest BCUT2D eigenvalue weighted by atomic mass is 9.96. The highest BCUT2D eigenvalue weighted by Crippen LogP contribution is 2.39. The zero-order chi connectivity index (χ0) is 22.6. The second kappa shape index (κ2) is 7.45. The van der Waals surface area contributed by atoms with Gasteiger partial charge in [0.15, 0.2) is 5.96 Å². The summed E-state index contributed by atoms with van der Waals surface area (Å²) in [6.07, 6.45) is 1.75. The van der Waals surface area contributed by atoms with E-state index in [9.17, 15) is 14.7 Å². The number of fused-ring (bicyclic) bond motifs is 2. The van der Waals surface area contributed by atoms with Crippen molar-refractivity contribution in [2.24, 2.45) is 10.7 Å². The number of aliphatic imine (C=N–C) groups is 1. The topological polar surface area (TPSA) is 108 Å². The summed E-state index contributed by atoms with van der Waals surface area (Å²) in [4.78, 5) is 32.1. The summed E-state index contributed by atoms with van der Waals surface area (Å²) in [5.41, 5.74) is 10.3. The van der Waals surface area contributed by atoms with E-state index in [4.69, 9.17) is 5.73 Å². The van der Waals surface area contributed by atoms with Gasteiger partial charge in [-0.3, -0.25) is 14.5 Å². The molecule has 1 heterocycles. The van der Waals surface area contributed by atoms with Gasteiger partial charge in [0, 0.05) is 12.0 Å². The lowest BCUT2D eigenvalue weighted by Gasteiger charge is -2.36. The van der Waals surface area contributed by atoms with Gasteiger partial charge in [-0.25, -0.2) is 4.99 Å². The molecule has 0 saturated carbocycles. The van der Waals surface area contributed by atoms with E-state index in [1.807, 2.05) is 56.3 Å². The van der Waals surface area contributed by atoms with E-state index in [1.165, 1.54) is 0 Å². The van der Waals surface area contributed by atoms with Crippen molar-refractivity contribution in [1.29, 1.82) is 0 Å². The maximum atomic E-state index is 13.1. The van der Waals surface area contributed by atoms with Gasteiger partial charge in [-0.05, 0) is 61.1 Å². The number of nitrogens with zero attached hydrogens (tertiary/aromatic N) is 2. The van der Waals surface area contributed by atoms with Gasteiger partial charge in [-0.15, -0.1) is 0 Å². The Morgan fingerprint density at radius 1 is 1.19 bits per heavy atom. The monoisotopic (exact) mass is 432 g/mol. The SMILES string of the molecule is CC1(C)CC(=O)N([C@@H]2CCc3ccc(C(=O)N[C@@H]4c5ccccc5C[C@H]4O)cc32)C(N)=N1. The molecule has 2 aliphatic carbocycles. The van der Waals surface area contributed by atoms with Gasteiger partial charge in [0.05, 0.1) is 30.1 Å². The molecular formula is C25H28N4O3. The van der Waals surface area contributed by atoms with Gasteiger partial charge in [0.2, 0.25) is 5.91 Å². The lowest BCUT2D eigenvalue weighted by Crippen LogP contribution is -2.50. The van der Waals surface area contributed by atoms with E-state index < -0.39 is 17.7 Å². The molecule has 0 saturated heterocycles. The molecule has 0 unspecified atom stereocenters. The maximum absolute atomic E-state index is 13.1. The Morgan fingerprint density at radius 2 is 1.97 bits per heavy atom. The van der Waals surface area contributed by atoms with Crippen LogP contribution >= 0.6 is 0 Å². The number of hydrogen-bond acceptors (Lipinski definition) is 5. The molecule has 32 heavy (non-hydrogen) atoms. The average molecular weight is 433 g/mol. The molecule has 0 spiro atoms. The number of hydrogen-bond donors (Lipinski definition) is 3. The molecule has 7 heteroatoms. The van der Waals surface area contributed by atoms with Crippen LogP contribution < -0.4 is 11.1 Å². The summed E-state index contributed by atoms with van der Waals surface area (Å²) in [7, 11) is 0. The summed E-state index contributed by atoms with van der Waals surface area (Å²) in [6, 6.07) is 12.7. The van der Waals surface area contributed by atoms with Crippen molar-refractivity contribution < 1.29 is 14.7 Å². The molecule has 2 aromatic carbocycles. The second-order valence-corrected chi connectivity index (χ2v) is 9.61. The van der Waals surface area contributed by atoms with Crippen molar-refractivity contribution in [1.82, 2.24) is 10.2 Å². The molecule has 2 aromatic rings. The maximum Gasteiger partial charge on any atom is 0.251 e. The third kappa shape index (κ3) is 3.46. The molecule has 2 amide bonds. The van der Waals surface area contributed by atoms with E-state index >= 15 is 0 Å². The molecule has 0 aromatic heterocycles. The molecule has 1 aliphatic heterocycles. The van der Waals surface area contributed by atoms with Crippen LogP contribution in [0.5, 0.6) is 0 Å². The fourth-order valence-corrected chi connectivity index (χ4v) is 5.28. The molecule has 0 bridgehead atoms. The molecule has 4 N–H and O–H groups in total. The normalized spacial score (nSPS) is 25.8. The molecule has 3 atom stereocenters. The highest BCUT2D eigenvalue weighted by molar-refractivity contribution is 6.00. The van der Waals surface area contributed by atoms with Crippen LogP contribution in [0.25, 0.3) is 0 Å². The number of rotatable bonds is 3. The number of aliphatic hydroxyl groups is 1. The minimum atomic E-state index is -0.649. The molecule has 166 valence electrons. The Morgan fingerprint density at radius 3 is 2.75 bits per heavy atom. The van der Waals surface area contributed by atoms with Crippen molar-refractivity contribution in [3.8, 4) is 0 Å². The molecule has 3 aliphatic rings. The first kappa shape index (κ1) is 20.7. The van der Waals surface area contributed by atoms with Gasteiger partial charge >= 0.3 is 0 Å². The van der Waals surface area contributed by atoms with Gasteiger partial charge in [0.25, 0.3) is 5.91 Å². The number of carbonyl (C=O) groups is 2. The van der Waals surface area contributed by atoms with Crippen LogP contribution in [-0.2, 0) is 17.6 Å². The van der Waals surface area contributed by atoms with Crippen LogP contribution in [0, 0.1) is 0 Å². The highest BCUT2D eigenvalue weighted by atomic mass is 16.3. The van der Waals surface area contributed by atoms with Crippen LogP contribution in [0.1, 0.15) is 71.4 Å². The fourth-order valence-electron chi connectivity index (χ4n) is 5.28. The largest absolute Gasteiger partial charge is 0.390 e. The highest BCUT2D eigenvalue weighted by Gasteiger charge is 2.40. The first-order valence-corrected chi connectivity index (χ1v) is 11.1. The third-order valence-electron chi connectivity index (χ3n) is 6.77. The van der Waals surface area contributed by atoms with E-state index in [1.54, 1.807) is 4.90 Å². The van der Waals surface area contributed by atoms with Crippen molar-refractivity contribution in [3.63, 3.8) is 0 Å². The average Bonchev–Trinajstić information content (AvgIpc) is 3.27. The Kier molecular flexibility index (Phi) is 4.82. The minimum Gasteiger partial charge on any atom is -0.390 e. The smallest absolute Gasteiger partial charge is 0.251 e. The minimum absolute atomic E-state index is 0.0408. The number of guanidine groups is 1. The quantitative estimate of drug-likeness (QED) is 0.692. The predicted octanol–water partition coefficient (Wildman–Crippen LogP) is 2.39. The number of nitrogens with one attached hydrogen (secondary N) is 1. The van der Waals surface area contributed by atoms with Crippen molar-refractivity contribution in [2.75, 3.05) is 0 Å². The Hall–Kier alpha value is -3.19. The molecule has 7 nitrogen and oxygen atoms in total. The first-order valence-electron chi connectivity index (χ1n) is 11.1. The van der Waals surface area contributed by atoms with E-state index in [0.717, 1.165) is 35.1 Å². The van der Waals surface area contributed by atoms with E-state index in [0.29, 0.717) is 18.4 Å². The Bertz CT molecular complexity index is 1140. The number of amides is 2. The van der Waals surface area contributed by atoms with E-state index in [2.05, 4.69) is 10.3 Å². The zero-order valence-electron chi connectivity index (χ0n) is 18.3. The summed E-state index contributed by atoms with van der Waals surface area (Å²) >= 11 is 0. The van der Waals surface area contributed by atoms with Crippen LogP contribution in [0.15, 0.2) is 47.5 Å². The van der Waals surface area contributed by atoms with Crippen LogP contribution in [0.2, 0.25) is 0 Å². The molecule has 5 rings (SSSR count). The number of nitrogens with two attached hydrogens (primary N) is 1. The van der Waals surface area contributed by atoms with Gasteiger partial charge in [-0.1, -0.05) is 30.3 Å². The summed E-state index contributed by atoms with van der Waals surface area (Å²) in [6.45, 7) is 3.80. The van der Waals surface area contributed by atoms with Crippen molar-refractivity contribution >= 4 is 17.8 Å². The molecular weight excluding hydrogens is 404 g/mol. The standard InChI is InChI=1S/C25H28N4O3/c1-25(2)13-21(31)29(24(26)28-25)19-10-9-14-7-8-16(11-18(14)19)23(32)27-22-17-6-4-3-5-15(17)12-20(22)30/h3-8,11,19-20,22,30H,9-10,12-13H2,1-2H3,(H2,26,28)(H,27,32)/t19-,20-,22-/m1/s1. The van der Waals surface area contributed by atoms with Crippen molar-refractivity contribution in [3.05, 3.63) is 70.3 Å². The van der Waals surface area contributed by atoms with Crippen LogP contribution in [-0.4, -0.2) is 39.4 Å². The van der Waals surface area contributed by atoms with Crippen LogP contribution in [0.4, 0.5) is 0 Å². The molecule has 0 radical (unpaired) electrons. The Labute approximate surface area is 187 Å². The lowest BCUT2D eigenvalue weighted by molar-refractivity contribution is -0.131. The van der Waals surface area contributed by atoms with Gasteiger partial charge in [-0.2, -0.15) is 0 Å². The summed E-state index contributed by atoms with van der Waals surface area (Å²) in [5, 5.41) is 13.5. The number of benzene rings is 2. The van der Waals surface area contributed by atoms with Crippen LogP contribution in [0.3, 0.4) is 0 Å². The summed E-state index contributed by atoms with van der Waals surface area (Å²) in [5.74, 6) is -0.0440. The molecule has 0 fully saturated rings. The fraction of sp³-hybridized carbons (Fsp3) is 0.400. The predicted molar refractivity (Wildman–Crippen MR) is 121 cm³/mol. The number of carbonyl (C=O) groups excluding carboxylic acids is 2. The number of aliphatic hydroxyl groups excluding tert-OH is 1.